The number of carboxylic acid groups (broad SMARTS) is 1. The van der Waals surface area contributed by atoms with E-state index in [1.54, 1.807) is 0 Å². The summed E-state index contributed by atoms with van der Waals surface area (Å²) in [5.41, 5.74) is 7.64. The molecule has 4 heteroatoms. The second kappa shape index (κ2) is 6.59. The Morgan fingerprint density at radius 2 is 2.05 bits per heavy atom. The molecule has 0 saturated heterocycles. The van der Waals surface area contributed by atoms with Gasteiger partial charge in [-0.1, -0.05) is 43.5 Å². The fourth-order valence-corrected chi connectivity index (χ4v) is 3.30. The predicted molar refractivity (Wildman–Crippen MR) is 81.1 cm³/mol. The van der Waals surface area contributed by atoms with E-state index < -0.39 is 12.0 Å². The zero-order valence-corrected chi connectivity index (χ0v) is 12.6. The van der Waals surface area contributed by atoms with Gasteiger partial charge in [-0.15, -0.1) is 0 Å². The van der Waals surface area contributed by atoms with Crippen LogP contribution in [0.1, 0.15) is 49.7 Å². The van der Waals surface area contributed by atoms with E-state index in [2.05, 4.69) is 6.92 Å². The van der Waals surface area contributed by atoms with Crippen LogP contribution < -0.4 is 5.73 Å². The summed E-state index contributed by atoms with van der Waals surface area (Å²) in [4.78, 5) is 10.8. The molecular formula is C16H22ClNO2. The van der Waals surface area contributed by atoms with E-state index in [0.717, 1.165) is 16.5 Å². The van der Waals surface area contributed by atoms with Crippen LogP contribution in [0, 0.1) is 5.92 Å². The van der Waals surface area contributed by atoms with Crippen molar-refractivity contribution in [3.8, 4) is 0 Å². The van der Waals surface area contributed by atoms with Gasteiger partial charge < -0.3 is 10.8 Å². The zero-order chi connectivity index (χ0) is 14.7. The van der Waals surface area contributed by atoms with Crippen molar-refractivity contribution in [1.82, 2.24) is 0 Å². The molecule has 0 aromatic heterocycles. The topological polar surface area (TPSA) is 63.3 Å². The molecule has 1 aromatic rings. The maximum atomic E-state index is 10.8. The Morgan fingerprint density at radius 3 is 2.60 bits per heavy atom. The highest BCUT2D eigenvalue weighted by atomic mass is 35.5. The van der Waals surface area contributed by atoms with Crippen molar-refractivity contribution in [3.63, 3.8) is 0 Å². The molecule has 1 fully saturated rings. The fraction of sp³-hybridized carbons (Fsp3) is 0.562. The minimum atomic E-state index is -0.980. The van der Waals surface area contributed by atoms with Crippen LogP contribution in [0.5, 0.6) is 0 Å². The predicted octanol–water partition coefficient (Wildman–Crippen LogP) is 3.59. The van der Waals surface area contributed by atoms with Gasteiger partial charge in [0.1, 0.15) is 6.04 Å². The smallest absolute Gasteiger partial charge is 0.320 e. The third-order valence-electron chi connectivity index (χ3n) is 4.29. The van der Waals surface area contributed by atoms with E-state index in [1.807, 2.05) is 18.2 Å². The first-order valence-corrected chi connectivity index (χ1v) is 7.62. The molecule has 0 amide bonds. The fourth-order valence-electron chi connectivity index (χ4n) is 2.94. The molecule has 0 spiro atoms. The molecule has 0 heterocycles. The third-order valence-corrected chi connectivity index (χ3v) is 4.62. The molecule has 3 nitrogen and oxygen atoms in total. The number of hydrogen-bond acceptors (Lipinski definition) is 2. The van der Waals surface area contributed by atoms with E-state index in [4.69, 9.17) is 22.4 Å². The average molecular weight is 296 g/mol. The molecule has 0 aliphatic heterocycles. The van der Waals surface area contributed by atoms with Gasteiger partial charge in [-0.25, -0.2) is 0 Å². The number of carbonyl (C=O) groups is 1. The van der Waals surface area contributed by atoms with Crippen molar-refractivity contribution in [1.29, 1.82) is 0 Å². The van der Waals surface area contributed by atoms with Crippen LogP contribution in [0.4, 0.5) is 0 Å². The van der Waals surface area contributed by atoms with Gasteiger partial charge in [-0.05, 0) is 48.3 Å². The number of halogens is 1. The van der Waals surface area contributed by atoms with Crippen molar-refractivity contribution in [2.75, 3.05) is 0 Å². The van der Waals surface area contributed by atoms with Gasteiger partial charge in [0.15, 0.2) is 0 Å². The van der Waals surface area contributed by atoms with Crippen molar-refractivity contribution in [3.05, 3.63) is 34.3 Å². The number of rotatable bonds is 4. The van der Waals surface area contributed by atoms with Gasteiger partial charge in [-0.2, -0.15) is 0 Å². The summed E-state index contributed by atoms with van der Waals surface area (Å²) in [6.45, 7) is 2.30. The second-order valence-corrected chi connectivity index (χ2v) is 6.37. The lowest BCUT2D eigenvalue weighted by Crippen LogP contribution is -2.32. The highest BCUT2D eigenvalue weighted by Gasteiger charge is 2.22. The lowest BCUT2D eigenvalue weighted by Gasteiger charge is -2.27. The Hall–Kier alpha value is -1.06. The lowest BCUT2D eigenvalue weighted by atomic mass is 9.79. The van der Waals surface area contributed by atoms with Crippen LogP contribution in [0.3, 0.4) is 0 Å². The van der Waals surface area contributed by atoms with Crippen molar-refractivity contribution in [2.45, 2.75) is 51.0 Å². The lowest BCUT2D eigenvalue weighted by molar-refractivity contribution is -0.138. The Labute approximate surface area is 125 Å². The van der Waals surface area contributed by atoms with Crippen LogP contribution in [-0.4, -0.2) is 17.1 Å². The van der Waals surface area contributed by atoms with Crippen molar-refractivity contribution < 1.29 is 9.90 Å². The first-order chi connectivity index (χ1) is 9.47. The number of carboxylic acids is 1. The van der Waals surface area contributed by atoms with E-state index in [0.29, 0.717) is 12.3 Å². The van der Waals surface area contributed by atoms with Gasteiger partial charge in [0.2, 0.25) is 0 Å². The van der Waals surface area contributed by atoms with Crippen LogP contribution in [0.2, 0.25) is 5.02 Å². The number of benzene rings is 1. The SMILES string of the molecule is CC1CCC(c2ccc(CC(N)C(=O)O)cc2Cl)CC1. The molecule has 110 valence electrons. The molecule has 1 aromatic carbocycles. The molecule has 0 radical (unpaired) electrons. The summed E-state index contributed by atoms with van der Waals surface area (Å²) in [6.07, 6.45) is 5.21. The quantitative estimate of drug-likeness (QED) is 0.892. The molecule has 1 aliphatic carbocycles. The number of aliphatic carboxylic acids is 1. The highest BCUT2D eigenvalue weighted by Crippen LogP contribution is 2.38. The summed E-state index contributed by atoms with van der Waals surface area (Å²) in [5.74, 6) is 0.380. The number of nitrogens with two attached hydrogens (primary N) is 1. The molecule has 1 aliphatic rings. The van der Waals surface area contributed by atoms with Gasteiger partial charge in [0.05, 0.1) is 0 Å². The normalized spacial score (nSPS) is 24.4. The average Bonchev–Trinajstić information content (AvgIpc) is 2.40. The molecule has 2 rings (SSSR count). The molecule has 20 heavy (non-hydrogen) atoms. The van der Waals surface area contributed by atoms with E-state index in [1.165, 1.54) is 31.2 Å². The van der Waals surface area contributed by atoms with Crippen LogP contribution in [-0.2, 0) is 11.2 Å². The summed E-state index contributed by atoms with van der Waals surface area (Å²) < 4.78 is 0. The van der Waals surface area contributed by atoms with Gasteiger partial charge in [-0.3, -0.25) is 4.79 Å². The molecule has 1 atom stereocenters. The van der Waals surface area contributed by atoms with Gasteiger partial charge in [0.25, 0.3) is 0 Å². The van der Waals surface area contributed by atoms with Crippen molar-refractivity contribution >= 4 is 17.6 Å². The van der Waals surface area contributed by atoms with Crippen LogP contribution >= 0.6 is 11.6 Å². The first kappa shape index (κ1) is 15.3. The largest absolute Gasteiger partial charge is 0.480 e. The van der Waals surface area contributed by atoms with Crippen molar-refractivity contribution in [2.24, 2.45) is 11.7 Å². The van der Waals surface area contributed by atoms with E-state index in [9.17, 15) is 4.79 Å². The molecular weight excluding hydrogens is 274 g/mol. The van der Waals surface area contributed by atoms with Gasteiger partial charge >= 0.3 is 5.97 Å². The minimum absolute atomic E-state index is 0.317. The maximum Gasteiger partial charge on any atom is 0.320 e. The third kappa shape index (κ3) is 3.74. The zero-order valence-electron chi connectivity index (χ0n) is 11.8. The summed E-state index contributed by atoms with van der Waals surface area (Å²) >= 11 is 6.37. The van der Waals surface area contributed by atoms with E-state index in [-0.39, 0.29) is 0 Å². The highest BCUT2D eigenvalue weighted by molar-refractivity contribution is 6.31. The molecule has 3 N–H and O–H groups in total. The van der Waals surface area contributed by atoms with Gasteiger partial charge in [0, 0.05) is 5.02 Å². The maximum absolute atomic E-state index is 10.8. The van der Waals surface area contributed by atoms with Crippen LogP contribution in [0.25, 0.3) is 0 Å². The summed E-state index contributed by atoms with van der Waals surface area (Å²) in [7, 11) is 0. The Balaban J connectivity index is 2.08. The summed E-state index contributed by atoms with van der Waals surface area (Å²) in [5, 5.41) is 9.59. The Bertz CT molecular complexity index is 481. The van der Waals surface area contributed by atoms with Crippen LogP contribution in [0.15, 0.2) is 18.2 Å². The Morgan fingerprint density at radius 1 is 1.40 bits per heavy atom. The Kier molecular flexibility index (Phi) is 5.06. The standard InChI is InChI=1S/C16H22ClNO2/c1-10-2-5-12(6-3-10)13-7-4-11(8-14(13)17)9-15(18)16(19)20/h4,7-8,10,12,15H,2-3,5-6,9,18H2,1H3,(H,19,20). The summed E-state index contributed by atoms with van der Waals surface area (Å²) in [6, 6.07) is 5.01. The number of hydrogen-bond donors (Lipinski definition) is 2. The minimum Gasteiger partial charge on any atom is -0.480 e. The monoisotopic (exact) mass is 295 g/mol. The van der Waals surface area contributed by atoms with E-state index >= 15 is 0 Å². The molecule has 0 bridgehead atoms. The molecule has 1 unspecified atom stereocenters. The first-order valence-electron chi connectivity index (χ1n) is 7.24. The molecule has 1 saturated carbocycles. The second-order valence-electron chi connectivity index (χ2n) is 5.96.